The van der Waals surface area contributed by atoms with Gasteiger partial charge in [-0.1, -0.05) is 200 Å². The maximum atomic E-state index is 5.32. The highest BCUT2D eigenvalue weighted by Crippen LogP contribution is 2.46. The molecule has 4 nitrogen and oxygen atoms in total. The Bertz CT molecular complexity index is 3730. The fourth-order valence-electron chi connectivity index (χ4n) is 10.2. The van der Waals surface area contributed by atoms with Crippen LogP contribution in [0.4, 0.5) is 0 Å². The van der Waals surface area contributed by atoms with Crippen molar-refractivity contribution in [3.05, 3.63) is 254 Å². The van der Waals surface area contributed by atoms with Gasteiger partial charge in [-0.2, -0.15) is 0 Å². The van der Waals surface area contributed by atoms with Crippen LogP contribution in [0.5, 0.6) is 0 Å². The van der Waals surface area contributed by atoms with Gasteiger partial charge in [0.25, 0.3) is 0 Å². The summed E-state index contributed by atoms with van der Waals surface area (Å²) in [6, 6.07) is 86.7. The molecular formula is C64H42N4. The van der Waals surface area contributed by atoms with Crippen LogP contribution in [-0.2, 0) is 6.42 Å². The quantitative estimate of drug-likeness (QED) is 0.153. The molecule has 10 aromatic carbocycles. The van der Waals surface area contributed by atoms with Crippen molar-refractivity contribution >= 4 is 21.8 Å². The topological polar surface area (TPSA) is 43.6 Å². The molecule has 318 valence electrons. The predicted molar refractivity (Wildman–Crippen MR) is 280 cm³/mol. The van der Waals surface area contributed by atoms with E-state index in [1.54, 1.807) is 0 Å². The van der Waals surface area contributed by atoms with Crippen LogP contribution in [0.1, 0.15) is 11.1 Å². The highest BCUT2D eigenvalue weighted by atomic mass is 15.0. The minimum absolute atomic E-state index is 0.620. The van der Waals surface area contributed by atoms with Gasteiger partial charge in [-0.3, -0.25) is 0 Å². The van der Waals surface area contributed by atoms with Crippen molar-refractivity contribution < 1.29 is 0 Å². The molecule has 0 fully saturated rings. The molecule has 0 atom stereocenters. The first-order chi connectivity index (χ1) is 33.7. The lowest BCUT2D eigenvalue weighted by Gasteiger charge is -2.16. The third-order valence-corrected chi connectivity index (χ3v) is 13.5. The number of aromatic nitrogens is 4. The molecular weight excluding hydrogens is 825 g/mol. The number of hydrogen-bond donors (Lipinski definition) is 0. The van der Waals surface area contributed by atoms with Gasteiger partial charge in [0.15, 0.2) is 17.5 Å². The van der Waals surface area contributed by atoms with Gasteiger partial charge in [0.2, 0.25) is 0 Å². The Morgan fingerprint density at radius 1 is 0.294 bits per heavy atom. The molecule has 0 N–H and O–H groups in total. The van der Waals surface area contributed by atoms with Crippen LogP contribution < -0.4 is 0 Å². The van der Waals surface area contributed by atoms with Gasteiger partial charge in [-0.25, -0.2) is 15.0 Å². The van der Waals surface area contributed by atoms with Crippen LogP contribution >= 0.6 is 0 Å². The molecule has 0 spiro atoms. The second kappa shape index (κ2) is 16.5. The summed E-state index contributed by atoms with van der Waals surface area (Å²) in [5.41, 5.74) is 20.7. The van der Waals surface area contributed by atoms with E-state index in [4.69, 9.17) is 15.0 Å². The second-order valence-electron chi connectivity index (χ2n) is 17.6. The summed E-state index contributed by atoms with van der Waals surface area (Å²) in [6.45, 7) is 0. The van der Waals surface area contributed by atoms with Crippen molar-refractivity contribution in [3.63, 3.8) is 0 Å². The summed E-state index contributed by atoms with van der Waals surface area (Å²) in [5.74, 6) is 1.88. The van der Waals surface area contributed by atoms with E-state index in [1.807, 2.05) is 36.4 Å². The Morgan fingerprint density at radius 2 is 0.779 bits per heavy atom. The molecule has 1 aliphatic rings. The van der Waals surface area contributed by atoms with E-state index in [-0.39, 0.29) is 0 Å². The molecule has 0 saturated heterocycles. The zero-order valence-electron chi connectivity index (χ0n) is 37.1. The lowest BCUT2D eigenvalue weighted by Crippen LogP contribution is -2.01. The average molecular weight is 867 g/mol. The van der Waals surface area contributed by atoms with Crippen molar-refractivity contribution in [2.45, 2.75) is 6.42 Å². The molecule has 4 heteroatoms. The largest absolute Gasteiger partial charge is 0.309 e. The minimum Gasteiger partial charge on any atom is -0.309 e. The Kier molecular flexibility index (Phi) is 9.54. The molecule has 12 aromatic rings. The van der Waals surface area contributed by atoms with E-state index in [0.29, 0.717) is 17.5 Å². The van der Waals surface area contributed by atoms with Gasteiger partial charge in [0.05, 0.1) is 11.0 Å². The Morgan fingerprint density at radius 3 is 1.40 bits per heavy atom. The lowest BCUT2D eigenvalue weighted by molar-refractivity contribution is 1.07. The molecule has 0 amide bonds. The van der Waals surface area contributed by atoms with Crippen LogP contribution in [-0.4, -0.2) is 19.5 Å². The molecule has 0 bridgehead atoms. The van der Waals surface area contributed by atoms with Crippen LogP contribution in [0.3, 0.4) is 0 Å². The summed E-state index contributed by atoms with van der Waals surface area (Å²) in [7, 11) is 0. The highest BCUT2D eigenvalue weighted by Gasteiger charge is 2.26. The zero-order valence-corrected chi connectivity index (χ0v) is 37.1. The van der Waals surface area contributed by atoms with Crippen LogP contribution in [0.25, 0.3) is 117 Å². The van der Waals surface area contributed by atoms with Crippen LogP contribution in [0.15, 0.2) is 243 Å². The number of nitrogens with zero attached hydrogens (tertiary/aromatic N) is 4. The van der Waals surface area contributed by atoms with E-state index >= 15 is 0 Å². The molecule has 0 saturated carbocycles. The van der Waals surface area contributed by atoms with E-state index in [1.165, 1.54) is 60.9 Å². The monoisotopic (exact) mass is 866 g/mol. The van der Waals surface area contributed by atoms with Gasteiger partial charge in [0.1, 0.15) is 0 Å². The summed E-state index contributed by atoms with van der Waals surface area (Å²) < 4.78 is 2.46. The maximum Gasteiger partial charge on any atom is 0.164 e. The first-order valence-electron chi connectivity index (χ1n) is 23.2. The number of fused-ring (bicyclic) bond motifs is 7. The van der Waals surface area contributed by atoms with Gasteiger partial charge in [0, 0.05) is 39.6 Å². The van der Waals surface area contributed by atoms with E-state index in [2.05, 4.69) is 211 Å². The Balaban J connectivity index is 1.01. The Labute approximate surface area is 395 Å². The predicted octanol–water partition coefficient (Wildman–Crippen LogP) is 16.2. The minimum atomic E-state index is 0.620. The molecule has 0 aliphatic heterocycles. The van der Waals surface area contributed by atoms with Crippen molar-refractivity contribution in [3.8, 4) is 95.5 Å². The molecule has 13 rings (SSSR count). The molecule has 0 radical (unpaired) electrons. The number of rotatable bonds is 8. The normalized spacial score (nSPS) is 11.8. The fourth-order valence-corrected chi connectivity index (χ4v) is 10.2. The standard InChI is InChI=1S/C64H42N4/c1-6-18-42(19-7-1)48-37-49(43-20-8-2-9-21-43)39-50(38-48)46-30-32-53(59(40-46)64-66-62(44-22-10-3-11-23-44)65-63(67-64)45-24-12-4-13-25-45)47-31-33-54-51(36-47)41-58-55(54)34-35-57-56-28-16-17-29-60(56)68(61(57)58)52-26-14-5-15-27-52/h1-40H,41H2. The first kappa shape index (κ1) is 39.4. The van der Waals surface area contributed by atoms with Crippen LogP contribution in [0, 0.1) is 0 Å². The van der Waals surface area contributed by atoms with E-state index in [9.17, 15) is 0 Å². The smallest absolute Gasteiger partial charge is 0.164 e. The third-order valence-electron chi connectivity index (χ3n) is 13.5. The third kappa shape index (κ3) is 6.90. The molecule has 1 aliphatic carbocycles. The van der Waals surface area contributed by atoms with Crippen molar-refractivity contribution in [2.75, 3.05) is 0 Å². The summed E-state index contributed by atoms with van der Waals surface area (Å²) in [6.07, 6.45) is 0.822. The van der Waals surface area contributed by atoms with Crippen molar-refractivity contribution in [1.29, 1.82) is 0 Å². The Hall–Kier alpha value is -8.99. The number of para-hydroxylation sites is 2. The molecule has 2 heterocycles. The summed E-state index contributed by atoms with van der Waals surface area (Å²) >= 11 is 0. The van der Waals surface area contributed by atoms with Gasteiger partial charge in [-0.05, 0) is 109 Å². The van der Waals surface area contributed by atoms with Crippen molar-refractivity contribution in [2.24, 2.45) is 0 Å². The maximum absolute atomic E-state index is 5.32. The van der Waals surface area contributed by atoms with Gasteiger partial charge in [-0.15, -0.1) is 0 Å². The van der Waals surface area contributed by atoms with E-state index < -0.39 is 0 Å². The number of benzene rings is 10. The highest BCUT2D eigenvalue weighted by molar-refractivity contribution is 6.12. The zero-order chi connectivity index (χ0) is 45.0. The average Bonchev–Trinajstić information content (AvgIpc) is 3.97. The summed E-state index contributed by atoms with van der Waals surface area (Å²) in [4.78, 5) is 15.7. The summed E-state index contributed by atoms with van der Waals surface area (Å²) in [5, 5.41) is 2.54. The van der Waals surface area contributed by atoms with Crippen molar-refractivity contribution in [1.82, 2.24) is 19.5 Å². The number of hydrogen-bond acceptors (Lipinski definition) is 3. The second-order valence-corrected chi connectivity index (χ2v) is 17.6. The fraction of sp³-hybridized carbons (Fsp3) is 0.0156. The first-order valence-corrected chi connectivity index (χ1v) is 23.2. The molecule has 0 unspecified atom stereocenters. The SMILES string of the molecule is c1ccc(-c2cc(-c3ccccc3)cc(-c3ccc(-c4ccc5c(c4)Cc4c-5ccc5c6ccccc6n(-c6ccccc6)c45)c(-c4nc(-c5ccccc5)nc(-c5ccccc5)n4)c3)c2)cc1. The van der Waals surface area contributed by atoms with Gasteiger partial charge >= 0.3 is 0 Å². The van der Waals surface area contributed by atoms with Gasteiger partial charge < -0.3 is 4.57 Å². The van der Waals surface area contributed by atoms with Crippen LogP contribution in [0.2, 0.25) is 0 Å². The van der Waals surface area contributed by atoms with E-state index in [0.717, 1.165) is 56.5 Å². The molecule has 68 heavy (non-hydrogen) atoms. The molecule has 2 aromatic heterocycles. The lowest BCUT2D eigenvalue weighted by atomic mass is 9.90.